The van der Waals surface area contributed by atoms with E-state index in [1.54, 1.807) is 12.1 Å². The van der Waals surface area contributed by atoms with Crippen LogP contribution in [0.2, 0.25) is 5.02 Å². The van der Waals surface area contributed by atoms with Gasteiger partial charge in [-0.05, 0) is 12.1 Å². The minimum atomic E-state index is -0.414. The van der Waals surface area contributed by atoms with Gasteiger partial charge in [0.1, 0.15) is 5.82 Å². The molecule has 1 rings (SSSR count). The van der Waals surface area contributed by atoms with Crippen molar-refractivity contribution in [3.63, 3.8) is 0 Å². The van der Waals surface area contributed by atoms with Crippen molar-refractivity contribution in [3.05, 3.63) is 34.6 Å². The summed E-state index contributed by atoms with van der Waals surface area (Å²) in [5.74, 6) is -0.289. The maximum atomic E-state index is 13.4. The van der Waals surface area contributed by atoms with Gasteiger partial charge in [0.15, 0.2) is 0 Å². The minimum Gasteiger partial charge on any atom is -0.330 e. The lowest BCUT2D eigenvalue weighted by Crippen LogP contribution is -2.29. The molecule has 0 spiro atoms. The number of halogens is 2. The number of hydrogen-bond donors (Lipinski definition) is 1. The van der Waals surface area contributed by atoms with Crippen LogP contribution >= 0.6 is 11.6 Å². The van der Waals surface area contributed by atoms with Crippen molar-refractivity contribution in [1.82, 2.24) is 0 Å². The van der Waals surface area contributed by atoms with Gasteiger partial charge < -0.3 is 5.73 Å². The third-order valence-corrected chi connectivity index (χ3v) is 2.46. The Bertz CT molecular complexity index is 290. The third kappa shape index (κ3) is 2.01. The summed E-state index contributed by atoms with van der Waals surface area (Å²) in [4.78, 5) is 0. The molecule has 0 atom stereocenters. The molecule has 13 heavy (non-hydrogen) atoms. The summed E-state index contributed by atoms with van der Waals surface area (Å²) in [6.45, 7) is 4.11. The van der Waals surface area contributed by atoms with Crippen molar-refractivity contribution >= 4 is 11.6 Å². The lowest BCUT2D eigenvalue weighted by Gasteiger charge is -2.24. The number of nitrogens with two attached hydrogens (primary N) is 1. The van der Waals surface area contributed by atoms with E-state index in [0.29, 0.717) is 17.1 Å². The van der Waals surface area contributed by atoms with Crippen molar-refractivity contribution in [1.29, 1.82) is 0 Å². The van der Waals surface area contributed by atoms with Crippen molar-refractivity contribution in [3.8, 4) is 0 Å². The zero-order valence-corrected chi connectivity index (χ0v) is 8.53. The maximum Gasteiger partial charge on any atom is 0.128 e. The zero-order valence-electron chi connectivity index (χ0n) is 7.77. The minimum absolute atomic E-state index is 0.289. The average Bonchev–Trinajstić information content (AvgIpc) is 2.03. The summed E-state index contributed by atoms with van der Waals surface area (Å²) in [5, 5.41) is 0.440. The molecular formula is C10H13ClFN. The molecule has 3 heteroatoms. The van der Waals surface area contributed by atoms with Gasteiger partial charge in [0.2, 0.25) is 0 Å². The van der Waals surface area contributed by atoms with Crippen LogP contribution in [0.5, 0.6) is 0 Å². The first-order chi connectivity index (χ1) is 5.99. The molecule has 0 radical (unpaired) electrons. The fourth-order valence-corrected chi connectivity index (χ4v) is 1.67. The second kappa shape index (κ2) is 3.64. The van der Waals surface area contributed by atoms with E-state index in [4.69, 9.17) is 17.3 Å². The molecule has 0 amide bonds. The van der Waals surface area contributed by atoms with Gasteiger partial charge in [-0.25, -0.2) is 4.39 Å². The molecule has 0 saturated carbocycles. The summed E-state index contributed by atoms with van der Waals surface area (Å²) in [7, 11) is 0. The summed E-state index contributed by atoms with van der Waals surface area (Å²) in [6, 6.07) is 4.67. The molecule has 0 unspecified atom stereocenters. The first kappa shape index (κ1) is 10.5. The average molecular weight is 202 g/mol. The van der Waals surface area contributed by atoms with Gasteiger partial charge in [0.25, 0.3) is 0 Å². The van der Waals surface area contributed by atoms with Crippen LogP contribution < -0.4 is 5.73 Å². The molecule has 0 bridgehead atoms. The molecule has 72 valence electrons. The molecule has 0 aliphatic carbocycles. The second-order valence-electron chi connectivity index (χ2n) is 3.68. The number of benzene rings is 1. The Morgan fingerprint density at radius 3 is 2.54 bits per heavy atom. The van der Waals surface area contributed by atoms with Crippen LogP contribution in [0, 0.1) is 5.82 Å². The highest BCUT2D eigenvalue weighted by molar-refractivity contribution is 6.31. The fraction of sp³-hybridized carbons (Fsp3) is 0.400. The smallest absolute Gasteiger partial charge is 0.128 e. The maximum absolute atomic E-state index is 13.4. The first-order valence-electron chi connectivity index (χ1n) is 4.13. The highest BCUT2D eigenvalue weighted by atomic mass is 35.5. The second-order valence-corrected chi connectivity index (χ2v) is 4.09. The lowest BCUT2D eigenvalue weighted by molar-refractivity contribution is 0.493. The normalized spacial score (nSPS) is 11.8. The van der Waals surface area contributed by atoms with E-state index in [-0.39, 0.29) is 5.82 Å². The van der Waals surface area contributed by atoms with Crippen LogP contribution in [0.1, 0.15) is 19.4 Å². The standard InChI is InChI=1S/C10H13ClFN/c1-10(2,6-13)9-7(11)4-3-5-8(9)12/h3-5H,6,13H2,1-2H3. The predicted molar refractivity (Wildman–Crippen MR) is 53.5 cm³/mol. The van der Waals surface area contributed by atoms with Crippen LogP contribution in [0.3, 0.4) is 0 Å². The quantitative estimate of drug-likeness (QED) is 0.783. The Morgan fingerprint density at radius 1 is 1.46 bits per heavy atom. The van der Waals surface area contributed by atoms with Gasteiger partial charge >= 0.3 is 0 Å². The zero-order chi connectivity index (χ0) is 10.1. The Labute approximate surface area is 82.7 Å². The van der Waals surface area contributed by atoms with Crippen LogP contribution in [0.4, 0.5) is 4.39 Å². The highest BCUT2D eigenvalue weighted by Crippen LogP contribution is 2.30. The van der Waals surface area contributed by atoms with E-state index < -0.39 is 5.41 Å². The number of rotatable bonds is 2. The van der Waals surface area contributed by atoms with Crippen LogP contribution in [0.25, 0.3) is 0 Å². The molecule has 1 aromatic carbocycles. The van der Waals surface area contributed by atoms with Gasteiger partial charge in [-0.15, -0.1) is 0 Å². The van der Waals surface area contributed by atoms with Crippen LogP contribution in [-0.4, -0.2) is 6.54 Å². The highest BCUT2D eigenvalue weighted by Gasteiger charge is 2.24. The van der Waals surface area contributed by atoms with Crippen LogP contribution in [-0.2, 0) is 5.41 Å². The Hall–Kier alpha value is -0.600. The molecule has 0 heterocycles. The predicted octanol–water partition coefficient (Wildman–Crippen LogP) is 2.72. The molecular weight excluding hydrogens is 189 g/mol. The molecule has 2 N–H and O–H groups in total. The van der Waals surface area contributed by atoms with E-state index in [1.165, 1.54) is 6.07 Å². The lowest BCUT2D eigenvalue weighted by atomic mass is 9.84. The summed E-state index contributed by atoms with van der Waals surface area (Å²) in [6.07, 6.45) is 0. The fourth-order valence-electron chi connectivity index (χ4n) is 1.25. The van der Waals surface area contributed by atoms with E-state index in [1.807, 2.05) is 13.8 Å². The molecule has 0 fully saturated rings. The van der Waals surface area contributed by atoms with Crippen molar-refractivity contribution < 1.29 is 4.39 Å². The van der Waals surface area contributed by atoms with Gasteiger partial charge in [0.05, 0.1) is 0 Å². The van der Waals surface area contributed by atoms with Crippen molar-refractivity contribution in [2.75, 3.05) is 6.54 Å². The van der Waals surface area contributed by atoms with E-state index in [0.717, 1.165) is 0 Å². The first-order valence-corrected chi connectivity index (χ1v) is 4.51. The Kier molecular flexibility index (Phi) is 2.94. The molecule has 1 aromatic rings. The van der Waals surface area contributed by atoms with Gasteiger partial charge in [0, 0.05) is 22.5 Å². The van der Waals surface area contributed by atoms with Gasteiger partial charge in [-0.2, -0.15) is 0 Å². The largest absolute Gasteiger partial charge is 0.330 e. The summed E-state index contributed by atoms with van der Waals surface area (Å²) >= 11 is 5.90. The number of hydrogen-bond acceptors (Lipinski definition) is 1. The van der Waals surface area contributed by atoms with Crippen molar-refractivity contribution in [2.45, 2.75) is 19.3 Å². The van der Waals surface area contributed by atoms with Gasteiger partial charge in [-0.1, -0.05) is 31.5 Å². The monoisotopic (exact) mass is 201 g/mol. The van der Waals surface area contributed by atoms with E-state index in [9.17, 15) is 4.39 Å². The van der Waals surface area contributed by atoms with Crippen molar-refractivity contribution in [2.24, 2.45) is 5.73 Å². The van der Waals surface area contributed by atoms with E-state index in [2.05, 4.69) is 0 Å². The molecule has 0 aliphatic heterocycles. The topological polar surface area (TPSA) is 26.0 Å². The van der Waals surface area contributed by atoms with E-state index >= 15 is 0 Å². The Morgan fingerprint density at radius 2 is 2.08 bits per heavy atom. The summed E-state index contributed by atoms with van der Waals surface area (Å²) < 4.78 is 13.4. The Balaban J connectivity index is 3.28. The molecule has 1 nitrogen and oxygen atoms in total. The van der Waals surface area contributed by atoms with Crippen LogP contribution in [0.15, 0.2) is 18.2 Å². The SMILES string of the molecule is CC(C)(CN)c1c(F)cccc1Cl. The third-order valence-electron chi connectivity index (χ3n) is 2.15. The molecule has 0 aliphatic rings. The summed E-state index contributed by atoms with van der Waals surface area (Å²) in [5.41, 5.74) is 5.64. The molecule has 0 aromatic heterocycles. The van der Waals surface area contributed by atoms with Gasteiger partial charge in [-0.3, -0.25) is 0 Å². The molecule has 0 saturated heterocycles.